The van der Waals surface area contributed by atoms with E-state index in [0.29, 0.717) is 12.4 Å². The summed E-state index contributed by atoms with van der Waals surface area (Å²) in [6, 6.07) is 4.70. The molecule has 0 fully saturated rings. The molecular formula is C12H14N4O3. The highest BCUT2D eigenvalue weighted by molar-refractivity contribution is 5.63. The average molecular weight is 262 g/mol. The van der Waals surface area contributed by atoms with Crippen LogP contribution in [0.1, 0.15) is 13.8 Å². The number of aryl methyl sites for hydroxylation is 1. The maximum absolute atomic E-state index is 10.9. The van der Waals surface area contributed by atoms with Crippen molar-refractivity contribution in [2.75, 3.05) is 6.61 Å². The molecule has 0 bridgehead atoms. The third-order valence-corrected chi connectivity index (χ3v) is 2.67. The van der Waals surface area contributed by atoms with Crippen LogP contribution in [0, 0.1) is 10.1 Å². The van der Waals surface area contributed by atoms with Gasteiger partial charge in [-0.3, -0.25) is 10.1 Å². The molecule has 0 amide bonds. The number of hydrogen-bond donors (Lipinski definition) is 0. The summed E-state index contributed by atoms with van der Waals surface area (Å²) < 4.78 is 7.17. The predicted molar refractivity (Wildman–Crippen MR) is 69.0 cm³/mol. The Morgan fingerprint density at radius 3 is 2.84 bits per heavy atom. The maximum atomic E-state index is 10.9. The van der Waals surface area contributed by atoms with E-state index < -0.39 is 4.92 Å². The van der Waals surface area contributed by atoms with E-state index in [4.69, 9.17) is 4.74 Å². The summed E-state index contributed by atoms with van der Waals surface area (Å²) in [6.45, 7) is 4.85. The van der Waals surface area contributed by atoms with E-state index in [9.17, 15) is 10.1 Å². The fourth-order valence-corrected chi connectivity index (χ4v) is 1.79. The van der Waals surface area contributed by atoms with Crippen LogP contribution < -0.4 is 4.74 Å². The first-order valence-corrected chi connectivity index (χ1v) is 5.96. The molecule has 0 aliphatic heterocycles. The van der Waals surface area contributed by atoms with Crippen molar-refractivity contribution < 1.29 is 9.66 Å². The van der Waals surface area contributed by atoms with Gasteiger partial charge in [-0.25, -0.2) is 0 Å². The molecule has 1 heterocycles. The van der Waals surface area contributed by atoms with E-state index >= 15 is 0 Å². The molecule has 1 aromatic heterocycles. The number of hydrogen-bond acceptors (Lipinski definition) is 5. The van der Waals surface area contributed by atoms with Crippen molar-refractivity contribution >= 4 is 5.69 Å². The van der Waals surface area contributed by atoms with Gasteiger partial charge in [-0.15, -0.1) is 10.2 Å². The Labute approximate surface area is 110 Å². The van der Waals surface area contributed by atoms with Gasteiger partial charge in [0.15, 0.2) is 11.6 Å². The van der Waals surface area contributed by atoms with Crippen LogP contribution in [-0.4, -0.2) is 26.3 Å². The van der Waals surface area contributed by atoms with E-state index in [2.05, 4.69) is 10.2 Å². The van der Waals surface area contributed by atoms with Crippen molar-refractivity contribution in [2.45, 2.75) is 20.4 Å². The summed E-state index contributed by atoms with van der Waals surface area (Å²) in [5.41, 5.74) is 0.696. The van der Waals surface area contributed by atoms with Crippen LogP contribution in [-0.2, 0) is 6.54 Å². The summed E-state index contributed by atoms with van der Waals surface area (Å²) in [5, 5.41) is 18.8. The molecule has 2 aromatic rings. The number of nitrogens with zero attached hydrogens (tertiary/aromatic N) is 4. The molecule has 0 saturated heterocycles. The van der Waals surface area contributed by atoms with E-state index in [1.807, 2.05) is 11.5 Å². The molecule has 0 aliphatic rings. The number of ether oxygens (including phenoxy) is 1. The smallest absolute Gasteiger partial charge is 0.310 e. The van der Waals surface area contributed by atoms with Crippen LogP contribution in [0.25, 0.3) is 11.4 Å². The van der Waals surface area contributed by atoms with Crippen molar-refractivity contribution in [3.63, 3.8) is 0 Å². The Bertz CT molecular complexity index is 594. The average Bonchev–Trinajstić information content (AvgIpc) is 2.87. The Hall–Kier alpha value is -2.44. The monoisotopic (exact) mass is 262 g/mol. The normalized spacial score (nSPS) is 10.4. The molecule has 19 heavy (non-hydrogen) atoms. The lowest BCUT2D eigenvalue weighted by molar-refractivity contribution is -0.385. The minimum Gasteiger partial charge on any atom is -0.487 e. The second-order valence-corrected chi connectivity index (χ2v) is 3.81. The third kappa shape index (κ3) is 2.54. The van der Waals surface area contributed by atoms with Gasteiger partial charge in [0.1, 0.15) is 6.33 Å². The fourth-order valence-electron chi connectivity index (χ4n) is 1.79. The van der Waals surface area contributed by atoms with Gasteiger partial charge in [0.25, 0.3) is 0 Å². The second-order valence-electron chi connectivity index (χ2n) is 3.81. The second kappa shape index (κ2) is 5.47. The minimum atomic E-state index is -0.459. The third-order valence-electron chi connectivity index (χ3n) is 2.67. The first kappa shape index (κ1) is 13.0. The molecular weight excluding hydrogens is 248 g/mol. The van der Waals surface area contributed by atoms with Gasteiger partial charge in [0, 0.05) is 18.2 Å². The van der Waals surface area contributed by atoms with Crippen LogP contribution in [0.15, 0.2) is 24.5 Å². The molecule has 0 saturated carbocycles. The maximum Gasteiger partial charge on any atom is 0.310 e. The Balaban J connectivity index is 2.48. The van der Waals surface area contributed by atoms with E-state index in [1.54, 1.807) is 25.4 Å². The molecule has 2 rings (SSSR count). The Morgan fingerprint density at radius 1 is 1.42 bits per heavy atom. The Kier molecular flexibility index (Phi) is 3.74. The molecule has 0 N–H and O–H groups in total. The summed E-state index contributed by atoms with van der Waals surface area (Å²) in [4.78, 5) is 10.5. The van der Waals surface area contributed by atoms with Crippen molar-refractivity contribution in [3.05, 3.63) is 34.6 Å². The van der Waals surface area contributed by atoms with Crippen molar-refractivity contribution in [1.29, 1.82) is 0 Å². The quantitative estimate of drug-likeness (QED) is 0.609. The summed E-state index contributed by atoms with van der Waals surface area (Å²) in [5.74, 6) is 0.911. The topological polar surface area (TPSA) is 83.1 Å². The highest BCUT2D eigenvalue weighted by Gasteiger charge is 2.17. The standard InChI is InChI=1S/C12H14N4O3/c1-3-15-8-13-14-12(15)9-5-6-10(16(17)18)11(7-9)19-4-2/h5-8H,3-4H2,1-2H3. The predicted octanol–water partition coefficient (Wildman–Crippen LogP) is 2.27. The molecule has 0 spiro atoms. The summed E-state index contributed by atoms with van der Waals surface area (Å²) in [6.07, 6.45) is 1.62. The number of benzene rings is 1. The highest BCUT2D eigenvalue weighted by atomic mass is 16.6. The first-order chi connectivity index (χ1) is 9.17. The fraction of sp³-hybridized carbons (Fsp3) is 0.333. The molecule has 0 atom stereocenters. The molecule has 100 valence electrons. The molecule has 7 heteroatoms. The van der Waals surface area contributed by atoms with E-state index in [0.717, 1.165) is 12.1 Å². The SMILES string of the molecule is CCOc1cc(-c2nncn2CC)ccc1[N+](=O)[O-]. The zero-order valence-electron chi connectivity index (χ0n) is 10.7. The van der Waals surface area contributed by atoms with Gasteiger partial charge < -0.3 is 9.30 Å². The van der Waals surface area contributed by atoms with Crippen molar-refractivity contribution in [1.82, 2.24) is 14.8 Å². The summed E-state index contributed by atoms with van der Waals surface area (Å²) >= 11 is 0. The van der Waals surface area contributed by atoms with Gasteiger partial charge >= 0.3 is 5.69 Å². The van der Waals surface area contributed by atoms with Crippen molar-refractivity contribution in [2.24, 2.45) is 0 Å². The van der Waals surface area contributed by atoms with Crippen LogP contribution in [0.3, 0.4) is 0 Å². The minimum absolute atomic E-state index is 0.0480. The number of nitro benzene ring substituents is 1. The van der Waals surface area contributed by atoms with Gasteiger partial charge in [-0.1, -0.05) is 0 Å². The molecule has 0 unspecified atom stereocenters. The van der Waals surface area contributed by atoms with Crippen LogP contribution in [0.5, 0.6) is 5.75 Å². The van der Waals surface area contributed by atoms with Crippen LogP contribution >= 0.6 is 0 Å². The summed E-state index contributed by atoms with van der Waals surface area (Å²) in [7, 11) is 0. The molecule has 0 aliphatic carbocycles. The molecule has 1 aromatic carbocycles. The van der Waals surface area contributed by atoms with Crippen molar-refractivity contribution in [3.8, 4) is 17.1 Å². The lowest BCUT2D eigenvalue weighted by atomic mass is 10.1. The molecule has 7 nitrogen and oxygen atoms in total. The largest absolute Gasteiger partial charge is 0.487 e. The highest BCUT2D eigenvalue weighted by Crippen LogP contribution is 2.31. The lowest BCUT2D eigenvalue weighted by Gasteiger charge is -2.07. The number of nitro groups is 1. The number of rotatable bonds is 5. The first-order valence-electron chi connectivity index (χ1n) is 5.96. The van der Waals surface area contributed by atoms with Gasteiger partial charge in [-0.05, 0) is 26.0 Å². The van der Waals surface area contributed by atoms with E-state index in [-0.39, 0.29) is 11.4 Å². The van der Waals surface area contributed by atoms with Crippen LogP contribution in [0.2, 0.25) is 0 Å². The van der Waals surface area contributed by atoms with Gasteiger partial charge in [-0.2, -0.15) is 0 Å². The van der Waals surface area contributed by atoms with Gasteiger partial charge in [0.2, 0.25) is 0 Å². The van der Waals surface area contributed by atoms with Gasteiger partial charge in [0.05, 0.1) is 11.5 Å². The Morgan fingerprint density at radius 2 is 2.21 bits per heavy atom. The van der Waals surface area contributed by atoms with E-state index in [1.165, 1.54) is 6.07 Å². The zero-order chi connectivity index (χ0) is 13.8. The van der Waals surface area contributed by atoms with Crippen LogP contribution in [0.4, 0.5) is 5.69 Å². The molecule has 0 radical (unpaired) electrons. The number of aromatic nitrogens is 3. The lowest BCUT2D eigenvalue weighted by Crippen LogP contribution is -2.00. The zero-order valence-corrected chi connectivity index (χ0v) is 10.7.